The van der Waals surface area contributed by atoms with Crippen LogP contribution in [0.25, 0.3) is 0 Å². The van der Waals surface area contributed by atoms with Crippen LogP contribution in [0.3, 0.4) is 0 Å². The van der Waals surface area contributed by atoms with Gasteiger partial charge in [0.2, 0.25) is 5.91 Å². The number of hydrogen-bond donors (Lipinski definition) is 2. The molecule has 0 saturated carbocycles. The van der Waals surface area contributed by atoms with Crippen molar-refractivity contribution in [1.82, 2.24) is 0 Å². The summed E-state index contributed by atoms with van der Waals surface area (Å²) in [6, 6.07) is 6.11. The molecule has 1 aliphatic rings. The number of aryl methyl sites for hydroxylation is 2. The van der Waals surface area contributed by atoms with E-state index in [-0.39, 0.29) is 18.4 Å². The van der Waals surface area contributed by atoms with Crippen LogP contribution < -0.4 is 5.32 Å². The molecule has 1 aromatic rings. The van der Waals surface area contributed by atoms with E-state index < -0.39 is 0 Å². The van der Waals surface area contributed by atoms with Crippen LogP contribution in [0.4, 0.5) is 5.69 Å². The number of benzene rings is 1. The first kappa shape index (κ1) is 12.1. The molecule has 17 heavy (non-hydrogen) atoms. The Balaban J connectivity index is 2.06. The number of carbonyl (C=O) groups excluding carboxylic acids is 1. The fourth-order valence-corrected chi connectivity index (χ4v) is 2.29. The Hall–Kier alpha value is -1.35. The van der Waals surface area contributed by atoms with Crippen molar-refractivity contribution < 1.29 is 9.90 Å². The van der Waals surface area contributed by atoms with Crippen molar-refractivity contribution in [2.45, 2.75) is 32.6 Å². The first-order valence-corrected chi connectivity index (χ1v) is 6.28. The molecule has 0 heterocycles. The fraction of sp³-hybridized carbons (Fsp3) is 0.500. The van der Waals surface area contributed by atoms with Crippen molar-refractivity contribution in [1.29, 1.82) is 0 Å². The maximum Gasteiger partial charge on any atom is 0.229 e. The van der Waals surface area contributed by atoms with E-state index in [1.54, 1.807) is 0 Å². The van der Waals surface area contributed by atoms with Crippen LogP contribution in [-0.4, -0.2) is 17.6 Å². The van der Waals surface area contributed by atoms with Gasteiger partial charge in [0, 0.05) is 5.69 Å². The van der Waals surface area contributed by atoms with Gasteiger partial charge in [0.05, 0.1) is 12.5 Å². The van der Waals surface area contributed by atoms with E-state index >= 15 is 0 Å². The van der Waals surface area contributed by atoms with Gasteiger partial charge >= 0.3 is 0 Å². The lowest BCUT2D eigenvalue weighted by atomic mass is 10.1. The van der Waals surface area contributed by atoms with Crippen LogP contribution in [0, 0.1) is 5.92 Å². The summed E-state index contributed by atoms with van der Waals surface area (Å²) in [4.78, 5) is 11.8. The molecular weight excluding hydrogens is 214 g/mol. The second kappa shape index (κ2) is 5.32. The van der Waals surface area contributed by atoms with E-state index in [1.165, 1.54) is 17.5 Å². The smallest absolute Gasteiger partial charge is 0.229 e. The van der Waals surface area contributed by atoms with Gasteiger partial charge < -0.3 is 10.4 Å². The molecule has 1 aromatic carbocycles. The Bertz CT molecular complexity index is 411. The van der Waals surface area contributed by atoms with Crippen molar-refractivity contribution in [2.24, 2.45) is 5.92 Å². The van der Waals surface area contributed by atoms with Crippen molar-refractivity contribution in [3.05, 3.63) is 29.3 Å². The van der Waals surface area contributed by atoms with E-state index in [9.17, 15) is 4.79 Å². The number of rotatable bonds is 4. The molecule has 0 aliphatic heterocycles. The van der Waals surface area contributed by atoms with Crippen LogP contribution in [0.2, 0.25) is 0 Å². The monoisotopic (exact) mass is 233 g/mol. The molecule has 2 N–H and O–H groups in total. The third-order valence-corrected chi connectivity index (χ3v) is 3.45. The van der Waals surface area contributed by atoms with Gasteiger partial charge in [0.25, 0.3) is 0 Å². The highest BCUT2D eigenvalue weighted by atomic mass is 16.3. The van der Waals surface area contributed by atoms with Crippen molar-refractivity contribution in [3.8, 4) is 0 Å². The minimum atomic E-state index is -0.303. The molecule has 0 radical (unpaired) electrons. The highest BCUT2D eigenvalue weighted by Crippen LogP contribution is 2.25. The van der Waals surface area contributed by atoms with Gasteiger partial charge in [-0.2, -0.15) is 0 Å². The first-order chi connectivity index (χ1) is 8.24. The summed E-state index contributed by atoms with van der Waals surface area (Å²) >= 11 is 0. The lowest BCUT2D eigenvalue weighted by molar-refractivity contribution is -0.121. The highest BCUT2D eigenvalue weighted by molar-refractivity contribution is 5.92. The maximum atomic E-state index is 11.8. The van der Waals surface area contributed by atoms with Crippen molar-refractivity contribution in [3.63, 3.8) is 0 Å². The predicted octanol–water partition coefficient (Wildman–Crippen LogP) is 2.13. The summed E-state index contributed by atoms with van der Waals surface area (Å²) < 4.78 is 0. The third kappa shape index (κ3) is 2.67. The average Bonchev–Trinajstić information content (AvgIpc) is 2.77. The summed E-state index contributed by atoms with van der Waals surface area (Å²) in [6.45, 7) is 1.82. The normalized spacial score (nSPS) is 15.4. The van der Waals surface area contributed by atoms with E-state index in [1.807, 2.05) is 13.0 Å². The molecule has 0 saturated heterocycles. The molecule has 0 aromatic heterocycles. The summed E-state index contributed by atoms with van der Waals surface area (Å²) in [6.07, 6.45) is 4.13. The standard InChI is InChI=1S/C14H19NO2/c1-2-10(9-16)14(17)15-13-7-6-11-4-3-5-12(11)8-13/h6-8,10,16H,2-5,9H2,1H3,(H,15,17). The summed E-state index contributed by atoms with van der Waals surface area (Å²) in [5.74, 6) is -0.392. The van der Waals surface area contributed by atoms with E-state index in [0.717, 1.165) is 18.5 Å². The highest BCUT2D eigenvalue weighted by Gasteiger charge is 2.16. The topological polar surface area (TPSA) is 49.3 Å². The lowest BCUT2D eigenvalue weighted by Crippen LogP contribution is -2.25. The zero-order chi connectivity index (χ0) is 12.3. The molecule has 1 amide bonds. The van der Waals surface area contributed by atoms with Gasteiger partial charge in [-0.15, -0.1) is 0 Å². The molecule has 2 rings (SSSR count). The number of carbonyl (C=O) groups is 1. The molecule has 1 aliphatic carbocycles. The Labute approximate surface area is 102 Å². The van der Waals surface area contributed by atoms with E-state index in [2.05, 4.69) is 17.4 Å². The largest absolute Gasteiger partial charge is 0.396 e. The van der Waals surface area contributed by atoms with Gasteiger partial charge in [-0.05, 0) is 48.9 Å². The van der Waals surface area contributed by atoms with Gasteiger partial charge in [-0.25, -0.2) is 0 Å². The molecular formula is C14H19NO2. The van der Waals surface area contributed by atoms with E-state index in [4.69, 9.17) is 5.11 Å². The first-order valence-electron chi connectivity index (χ1n) is 6.28. The number of amides is 1. The quantitative estimate of drug-likeness (QED) is 0.837. The summed E-state index contributed by atoms with van der Waals surface area (Å²) in [7, 11) is 0. The lowest BCUT2D eigenvalue weighted by Gasteiger charge is -2.13. The van der Waals surface area contributed by atoms with Crippen LogP contribution in [0.5, 0.6) is 0 Å². The molecule has 0 spiro atoms. The van der Waals surface area contributed by atoms with Gasteiger partial charge in [0.1, 0.15) is 0 Å². The summed E-state index contributed by atoms with van der Waals surface area (Å²) in [5.41, 5.74) is 3.60. The number of nitrogens with one attached hydrogen (secondary N) is 1. The van der Waals surface area contributed by atoms with Gasteiger partial charge in [0.15, 0.2) is 0 Å². The number of aliphatic hydroxyl groups excluding tert-OH is 1. The molecule has 3 heteroatoms. The number of anilines is 1. The maximum absolute atomic E-state index is 11.8. The molecule has 1 atom stereocenters. The van der Waals surface area contributed by atoms with E-state index in [0.29, 0.717) is 6.42 Å². The number of hydrogen-bond acceptors (Lipinski definition) is 2. The second-order valence-corrected chi connectivity index (χ2v) is 4.61. The van der Waals surface area contributed by atoms with Gasteiger partial charge in [-0.1, -0.05) is 13.0 Å². The summed E-state index contributed by atoms with van der Waals surface area (Å²) in [5, 5.41) is 11.9. The SMILES string of the molecule is CCC(CO)C(=O)Nc1ccc2c(c1)CCC2. The number of aliphatic hydroxyl groups is 1. The Morgan fingerprint density at radius 3 is 2.88 bits per heavy atom. The predicted molar refractivity (Wildman–Crippen MR) is 68.0 cm³/mol. The Morgan fingerprint density at radius 1 is 1.41 bits per heavy atom. The minimum Gasteiger partial charge on any atom is -0.396 e. The molecule has 92 valence electrons. The molecule has 0 fully saturated rings. The van der Waals surface area contributed by atoms with Gasteiger partial charge in [-0.3, -0.25) is 4.79 Å². The third-order valence-electron chi connectivity index (χ3n) is 3.45. The fourth-order valence-electron chi connectivity index (χ4n) is 2.29. The second-order valence-electron chi connectivity index (χ2n) is 4.61. The Morgan fingerprint density at radius 2 is 2.18 bits per heavy atom. The van der Waals surface area contributed by atoms with Crippen LogP contribution >= 0.6 is 0 Å². The zero-order valence-corrected chi connectivity index (χ0v) is 10.2. The Kier molecular flexibility index (Phi) is 3.79. The minimum absolute atomic E-state index is 0.0899. The van der Waals surface area contributed by atoms with Crippen molar-refractivity contribution in [2.75, 3.05) is 11.9 Å². The average molecular weight is 233 g/mol. The number of fused-ring (bicyclic) bond motifs is 1. The zero-order valence-electron chi connectivity index (χ0n) is 10.2. The van der Waals surface area contributed by atoms with Crippen LogP contribution in [0.1, 0.15) is 30.9 Å². The molecule has 1 unspecified atom stereocenters. The van der Waals surface area contributed by atoms with Crippen LogP contribution in [-0.2, 0) is 17.6 Å². The molecule has 0 bridgehead atoms. The molecule has 3 nitrogen and oxygen atoms in total. The van der Waals surface area contributed by atoms with Crippen LogP contribution in [0.15, 0.2) is 18.2 Å². The van der Waals surface area contributed by atoms with Crippen molar-refractivity contribution >= 4 is 11.6 Å².